The van der Waals surface area contributed by atoms with Crippen LogP contribution in [0.25, 0.3) is 0 Å². The molecule has 2 atom stereocenters. The Morgan fingerprint density at radius 1 is 1.16 bits per heavy atom. The summed E-state index contributed by atoms with van der Waals surface area (Å²) in [6.07, 6.45) is 1.70. The summed E-state index contributed by atoms with van der Waals surface area (Å²) < 4.78 is 0. The number of amides is 1. The summed E-state index contributed by atoms with van der Waals surface area (Å²) in [5.74, 6) is 0.678. The highest BCUT2D eigenvalue weighted by Gasteiger charge is 2.40. The van der Waals surface area contributed by atoms with Crippen LogP contribution in [0, 0.1) is 0 Å². The summed E-state index contributed by atoms with van der Waals surface area (Å²) in [4.78, 5) is 15.6. The number of thiophene rings is 1. The summed E-state index contributed by atoms with van der Waals surface area (Å²) in [5, 5.41) is 2.17. The van der Waals surface area contributed by atoms with Gasteiger partial charge in [0.25, 0.3) is 0 Å². The first-order chi connectivity index (χ1) is 9.34. The number of nitrogens with zero attached hydrogens (tertiary/aromatic N) is 1. The monoisotopic (exact) mass is 269 g/mol. The molecule has 1 amide bonds. The zero-order chi connectivity index (χ0) is 12.8. The molecule has 19 heavy (non-hydrogen) atoms. The van der Waals surface area contributed by atoms with E-state index in [1.807, 2.05) is 17.4 Å². The van der Waals surface area contributed by atoms with Crippen molar-refractivity contribution in [1.29, 1.82) is 0 Å². The lowest BCUT2D eigenvalue weighted by molar-refractivity contribution is -0.129. The van der Waals surface area contributed by atoms with E-state index in [4.69, 9.17) is 0 Å². The van der Waals surface area contributed by atoms with E-state index in [2.05, 4.69) is 40.6 Å². The molecule has 3 heteroatoms. The van der Waals surface area contributed by atoms with Crippen LogP contribution in [0.1, 0.15) is 40.8 Å². The Balaban J connectivity index is 1.82. The van der Waals surface area contributed by atoms with E-state index < -0.39 is 0 Å². The van der Waals surface area contributed by atoms with Crippen LogP contribution in [0.15, 0.2) is 41.8 Å². The maximum Gasteiger partial charge on any atom is 0.223 e. The first-order valence-corrected chi connectivity index (χ1v) is 7.64. The van der Waals surface area contributed by atoms with Gasteiger partial charge in [-0.2, -0.15) is 0 Å². The molecule has 0 spiro atoms. The molecule has 3 heterocycles. The second-order valence-corrected chi connectivity index (χ2v) is 6.25. The molecular formula is C16H15NOS. The molecule has 0 unspecified atom stereocenters. The minimum absolute atomic E-state index is 0.322. The lowest BCUT2D eigenvalue weighted by atomic mass is 9.88. The fraction of sp³-hybridized carbons (Fsp3) is 0.312. The average Bonchev–Trinajstić information content (AvgIpc) is 3.06. The lowest BCUT2D eigenvalue weighted by Crippen LogP contribution is -2.36. The number of benzene rings is 1. The molecule has 2 nitrogen and oxygen atoms in total. The molecule has 1 aromatic carbocycles. The summed E-state index contributed by atoms with van der Waals surface area (Å²) in [6.45, 7) is 0.848. The Labute approximate surface area is 116 Å². The van der Waals surface area contributed by atoms with Crippen molar-refractivity contribution < 1.29 is 4.79 Å². The number of hydrogen-bond acceptors (Lipinski definition) is 2. The van der Waals surface area contributed by atoms with Gasteiger partial charge >= 0.3 is 0 Å². The highest BCUT2D eigenvalue weighted by atomic mass is 32.1. The first kappa shape index (κ1) is 11.2. The summed E-state index contributed by atoms with van der Waals surface area (Å²) in [7, 11) is 0. The Hall–Kier alpha value is -1.61. The zero-order valence-electron chi connectivity index (χ0n) is 10.6. The Morgan fingerprint density at radius 3 is 2.84 bits per heavy atom. The van der Waals surface area contributed by atoms with E-state index in [1.165, 1.54) is 16.0 Å². The zero-order valence-corrected chi connectivity index (χ0v) is 11.4. The SMILES string of the molecule is O=C1CC[C@@H]2c3ccsc3[C@H](c3ccccc3)CN12. The van der Waals surface area contributed by atoms with Crippen molar-refractivity contribution in [1.82, 2.24) is 4.90 Å². The quantitative estimate of drug-likeness (QED) is 0.775. The van der Waals surface area contributed by atoms with Gasteiger partial charge in [0.1, 0.15) is 0 Å². The maximum atomic E-state index is 12.0. The van der Waals surface area contributed by atoms with Crippen LogP contribution in [-0.4, -0.2) is 17.4 Å². The molecule has 4 rings (SSSR count). The Morgan fingerprint density at radius 2 is 2.00 bits per heavy atom. The molecule has 0 N–H and O–H groups in total. The van der Waals surface area contributed by atoms with Gasteiger partial charge in [-0.15, -0.1) is 11.3 Å². The van der Waals surface area contributed by atoms with Crippen LogP contribution in [0.3, 0.4) is 0 Å². The Bertz CT molecular complexity index is 619. The van der Waals surface area contributed by atoms with Gasteiger partial charge in [0.05, 0.1) is 6.04 Å². The molecule has 96 valence electrons. The van der Waals surface area contributed by atoms with Crippen LogP contribution in [-0.2, 0) is 4.79 Å². The molecule has 2 aliphatic rings. The third-order valence-corrected chi connectivity index (χ3v) is 5.36. The van der Waals surface area contributed by atoms with Gasteiger partial charge in [-0.3, -0.25) is 4.79 Å². The molecule has 1 aromatic heterocycles. The van der Waals surface area contributed by atoms with Crippen LogP contribution in [0.2, 0.25) is 0 Å². The molecule has 2 aliphatic heterocycles. The van der Waals surface area contributed by atoms with Crippen molar-refractivity contribution in [2.45, 2.75) is 24.8 Å². The topological polar surface area (TPSA) is 20.3 Å². The summed E-state index contributed by atoms with van der Waals surface area (Å²) in [5.41, 5.74) is 2.71. The van der Waals surface area contributed by atoms with Crippen molar-refractivity contribution in [3.63, 3.8) is 0 Å². The van der Waals surface area contributed by atoms with Crippen molar-refractivity contribution in [3.8, 4) is 0 Å². The maximum absolute atomic E-state index is 12.0. The van der Waals surface area contributed by atoms with E-state index in [0.29, 0.717) is 24.3 Å². The standard InChI is InChI=1S/C16H15NOS/c18-15-7-6-14-12-8-9-19-16(12)13(10-17(14)15)11-4-2-1-3-5-11/h1-5,8-9,13-14H,6-7,10H2/t13-,14+/m0/s1. The smallest absolute Gasteiger partial charge is 0.223 e. The molecular weight excluding hydrogens is 254 g/mol. The van der Waals surface area contributed by atoms with Gasteiger partial charge in [0.2, 0.25) is 5.91 Å². The molecule has 1 saturated heterocycles. The molecule has 2 aromatic rings. The molecule has 0 saturated carbocycles. The Kier molecular flexibility index (Phi) is 2.49. The fourth-order valence-electron chi connectivity index (χ4n) is 3.40. The van der Waals surface area contributed by atoms with E-state index in [-0.39, 0.29) is 0 Å². The average molecular weight is 269 g/mol. The molecule has 0 radical (unpaired) electrons. The third-order valence-electron chi connectivity index (χ3n) is 4.31. The predicted molar refractivity (Wildman–Crippen MR) is 76.3 cm³/mol. The minimum Gasteiger partial charge on any atom is -0.335 e. The minimum atomic E-state index is 0.322. The van der Waals surface area contributed by atoms with Crippen molar-refractivity contribution in [3.05, 3.63) is 57.8 Å². The normalized spacial score (nSPS) is 25.3. The number of hydrogen-bond donors (Lipinski definition) is 0. The van der Waals surface area contributed by atoms with Gasteiger partial charge in [-0.25, -0.2) is 0 Å². The highest BCUT2D eigenvalue weighted by molar-refractivity contribution is 7.10. The van der Waals surface area contributed by atoms with Gasteiger partial charge in [0, 0.05) is 23.8 Å². The molecule has 0 aliphatic carbocycles. The van der Waals surface area contributed by atoms with Crippen LogP contribution in [0.5, 0.6) is 0 Å². The lowest BCUT2D eigenvalue weighted by Gasteiger charge is -2.35. The molecule has 1 fully saturated rings. The highest BCUT2D eigenvalue weighted by Crippen LogP contribution is 2.46. The largest absolute Gasteiger partial charge is 0.335 e. The van der Waals surface area contributed by atoms with Crippen molar-refractivity contribution in [2.24, 2.45) is 0 Å². The van der Waals surface area contributed by atoms with Crippen molar-refractivity contribution >= 4 is 17.2 Å². The second kappa shape index (κ2) is 4.20. The summed E-state index contributed by atoms with van der Waals surface area (Å²) in [6, 6.07) is 13.1. The first-order valence-electron chi connectivity index (χ1n) is 6.76. The van der Waals surface area contributed by atoms with Crippen LogP contribution >= 0.6 is 11.3 Å². The number of rotatable bonds is 1. The van der Waals surface area contributed by atoms with Crippen molar-refractivity contribution in [2.75, 3.05) is 6.54 Å². The number of carbonyl (C=O) groups is 1. The van der Waals surface area contributed by atoms with Crippen LogP contribution in [0.4, 0.5) is 0 Å². The fourth-order valence-corrected chi connectivity index (χ4v) is 4.47. The van der Waals surface area contributed by atoms with E-state index in [9.17, 15) is 4.79 Å². The van der Waals surface area contributed by atoms with E-state index >= 15 is 0 Å². The summed E-state index contributed by atoms with van der Waals surface area (Å²) >= 11 is 1.84. The van der Waals surface area contributed by atoms with Gasteiger partial charge in [0.15, 0.2) is 0 Å². The van der Waals surface area contributed by atoms with E-state index in [0.717, 1.165) is 13.0 Å². The van der Waals surface area contributed by atoms with E-state index in [1.54, 1.807) is 0 Å². The van der Waals surface area contributed by atoms with Gasteiger partial charge in [-0.05, 0) is 29.0 Å². The second-order valence-electron chi connectivity index (χ2n) is 5.30. The van der Waals surface area contributed by atoms with Gasteiger partial charge < -0.3 is 4.90 Å². The molecule has 0 bridgehead atoms. The van der Waals surface area contributed by atoms with Gasteiger partial charge in [-0.1, -0.05) is 30.3 Å². The predicted octanol–water partition coefficient (Wildman–Crippen LogP) is 3.56. The number of carbonyl (C=O) groups excluding carboxylic acids is 1. The third kappa shape index (κ3) is 1.65. The van der Waals surface area contributed by atoms with Crippen LogP contribution < -0.4 is 0 Å². The number of fused-ring (bicyclic) bond motifs is 3.